The van der Waals surface area contributed by atoms with Crippen molar-refractivity contribution in [1.29, 1.82) is 0 Å². The predicted molar refractivity (Wildman–Crippen MR) is 86.4 cm³/mol. The van der Waals surface area contributed by atoms with Crippen molar-refractivity contribution in [2.45, 2.75) is 33.1 Å². The number of carbonyl (C=O) groups is 2. The van der Waals surface area contributed by atoms with Crippen molar-refractivity contribution in [3.63, 3.8) is 0 Å². The second-order valence-electron chi connectivity index (χ2n) is 5.21. The maximum absolute atomic E-state index is 12.3. The van der Waals surface area contributed by atoms with Gasteiger partial charge in [-0.1, -0.05) is 12.1 Å². The molecule has 0 aliphatic rings. The Bertz CT molecular complexity index is 709. The average molecular weight is 318 g/mol. The Balaban J connectivity index is 2.10. The van der Waals surface area contributed by atoms with Crippen LogP contribution in [0.5, 0.6) is 0 Å². The number of aliphatic carboxylic acids is 1. The van der Waals surface area contributed by atoms with Gasteiger partial charge in [0, 0.05) is 11.1 Å². The monoisotopic (exact) mass is 318 g/mol. The highest BCUT2D eigenvalue weighted by atomic mass is 32.1. The third-order valence-corrected chi connectivity index (χ3v) is 4.60. The number of carboxylic acid groups (broad SMARTS) is 1. The lowest BCUT2D eigenvalue weighted by molar-refractivity contribution is -0.136. The minimum absolute atomic E-state index is 0.123. The van der Waals surface area contributed by atoms with Crippen LogP contribution in [-0.4, -0.2) is 22.0 Å². The largest absolute Gasteiger partial charge is 0.481 e. The van der Waals surface area contributed by atoms with Crippen molar-refractivity contribution in [3.05, 3.63) is 45.4 Å². The van der Waals surface area contributed by atoms with Gasteiger partial charge in [-0.25, -0.2) is 4.98 Å². The first-order valence-corrected chi connectivity index (χ1v) is 7.79. The van der Waals surface area contributed by atoms with E-state index >= 15 is 0 Å². The minimum Gasteiger partial charge on any atom is -0.481 e. The van der Waals surface area contributed by atoms with Gasteiger partial charge >= 0.3 is 5.97 Å². The first-order chi connectivity index (χ1) is 10.4. The van der Waals surface area contributed by atoms with E-state index in [-0.39, 0.29) is 12.3 Å². The zero-order valence-corrected chi connectivity index (χ0v) is 13.5. The Morgan fingerprint density at radius 1 is 1.36 bits per heavy atom. The molecule has 0 saturated carbocycles. The van der Waals surface area contributed by atoms with Crippen LogP contribution in [-0.2, 0) is 16.0 Å². The Morgan fingerprint density at radius 2 is 2.09 bits per heavy atom. The number of nitrogens with one attached hydrogen (secondary N) is 1. The van der Waals surface area contributed by atoms with Crippen molar-refractivity contribution in [2.24, 2.45) is 0 Å². The summed E-state index contributed by atoms with van der Waals surface area (Å²) in [5.74, 6) is -1.50. The van der Waals surface area contributed by atoms with E-state index in [2.05, 4.69) is 10.3 Å². The van der Waals surface area contributed by atoms with Crippen LogP contribution in [0, 0.1) is 13.8 Å². The molecule has 2 aromatic rings. The van der Waals surface area contributed by atoms with E-state index in [1.807, 2.05) is 32.0 Å². The standard InChI is InChI=1S/C16H18N2O3S/c1-9-5-4-6-13(10(9)2)18-15(21)11(3)16-17-12(8-22-16)7-14(19)20/h4-6,8,11H,7H2,1-3H3,(H,18,21)(H,19,20)/t11-/m0/s1. The molecule has 1 atom stereocenters. The fraction of sp³-hybridized carbons (Fsp3) is 0.312. The highest BCUT2D eigenvalue weighted by molar-refractivity contribution is 7.09. The molecule has 0 aliphatic carbocycles. The van der Waals surface area contributed by atoms with Gasteiger partial charge in [0.15, 0.2) is 0 Å². The Labute approximate surface area is 133 Å². The van der Waals surface area contributed by atoms with Gasteiger partial charge in [0.1, 0.15) is 5.01 Å². The number of hydrogen-bond acceptors (Lipinski definition) is 4. The summed E-state index contributed by atoms with van der Waals surface area (Å²) < 4.78 is 0. The van der Waals surface area contributed by atoms with Gasteiger partial charge < -0.3 is 10.4 Å². The summed E-state index contributed by atoms with van der Waals surface area (Å²) in [6.45, 7) is 5.72. The molecule has 0 unspecified atom stereocenters. The highest BCUT2D eigenvalue weighted by Gasteiger charge is 2.20. The van der Waals surface area contributed by atoms with E-state index in [1.165, 1.54) is 11.3 Å². The topological polar surface area (TPSA) is 79.3 Å². The summed E-state index contributed by atoms with van der Waals surface area (Å²) in [5.41, 5.74) is 3.43. The first kappa shape index (κ1) is 16.2. The summed E-state index contributed by atoms with van der Waals surface area (Å²) >= 11 is 1.31. The number of benzene rings is 1. The number of aryl methyl sites for hydroxylation is 1. The number of amides is 1. The molecule has 0 radical (unpaired) electrons. The summed E-state index contributed by atoms with van der Waals surface area (Å²) in [6, 6.07) is 5.76. The molecule has 0 aliphatic heterocycles. The molecule has 2 N–H and O–H groups in total. The van der Waals surface area contributed by atoms with Crippen molar-refractivity contribution < 1.29 is 14.7 Å². The van der Waals surface area contributed by atoms with Gasteiger partial charge in [-0.05, 0) is 38.0 Å². The maximum atomic E-state index is 12.3. The summed E-state index contributed by atoms with van der Waals surface area (Å²) in [7, 11) is 0. The molecule has 0 saturated heterocycles. The smallest absolute Gasteiger partial charge is 0.309 e. The van der Waals surface area contributed by atoms with E-state index in [0.29, 0.717) is 10.7 Å². The molecule has 0 spiro atoms. The number of aromatic nitrogens is 1. The second kappa shape index (κ2) is 6.70. The highest BCUT2D eigenvalue weighted by Crippen LogP contribution is 2.24. The molecule has 116 valence electrons. The third kappa shape index (κ3) is 3.71. The number of carboxylic acids is 1. The molecule has 2 rings (SSSR count). The van der Waals surface area contributed by atoms with Crippen LogP contribution < -0.4 is 5.32 Å². The minimum atomic E-state index is -0.927. The number of carbonyl (C=O) groups excluding carboxylic acids is 1. The van der Waals surface area contributed by atoms with E-state index in [9.17, 15) is 9.59 Å². The Morgan fingerprint density at radius 3 is 2.77 bits per heavy atom. The number of hydrogen-bond donors (Lipinski definition) is 2. The summed E-state index contributed by atoms with van der Waals surface area (Å²) in [6.07, 6.45) is -0.123. The van der Waals surface area contributed by atoms with Crippen LogP contribution in [0.2, 0.25) is 0 Å². The SMILES string of the molecule is Cc1cccc(NC(=O)[C@H](C)c2nc(CC(=O)O)cs2)c1C. The van der Waals surface area contributed by atoms with Crippen molar-refractivity contribution >= 4 is 28.9 Å². The molecule has 0 fully saturated rings. The van der Waals surface area contributed by atoms with Crippen LogP contribution in [0.3, 0.4) is 0 Å². The fourth-order valence-electron chi connectivity index (χ4n) is 2.00. The molecule has 5 nitrogen and oxygen atoms in total. The molecular weight excluding hydrogens is 300 g/mol. The van der Waals surface area contributed by atoms with Crippen LogP contribution in [0.25, 0.3) is 0 Å². The van der Waals surface area contributed by atoms with Gasteiger partial charge in [-0.2, -0.15) is 0 Å². The fourth-order valence-corrected chi connectivity index (χ4v) is 2.87. The van der Waals surface area contributed by atoms with E-state index < -0.39 is 11.9 Å². The van der Waals surface area contributed by atoms with Crippen LogP contribution in [0.4, 0.5) is 5.69 Å². The molecule has 22 heavy (non-hydrogen) atoms. The normalized spacial score (nSPS) is 12.0. The quantitative estimate of drug-likeness (QED) is 0.887. The van der Waals surface area contributed by atoms with Crippen LogP contribution in [0.1, 0.15) is 34.7 Å². The van der Waals surface area contributed by atoms with Gasteiger partial charge in [0.2, 0.25) is 5.91 Å². The number of thiazole rings is 1. The number of anilines is 1. The number of nitrogens with zero attached hydrogens (tertiary/aromatic N) is 1. The molecule has 1 amide bonds. The molecule has 1 aromatic heterocycles. The van der Waals surface area contributed by atoms with Crippen LogP contribution >= 0.6 is 11.3 Å². The van der Waals surface area contributed by atoms with Crippen LogP contribution in [0.15, 0.2) is 23.6 Å². The zero-order chi connectivity index (χ0) is 16.3. The zero-order valence-electron chi connectivity index (χ0n) is 12.7. The van der Waals surface area contributed by atoms with Gasteiger partial charge in [0.05, 0.1) is 18.0 Å². The first-order valence-electron chi connectivity index (χ1n) is 6.91. The van der Waals surface area contributed by atoms with Crippen molar-refractivity contribution in [2.75, 3.05) is 5.32 Å². The van der Waals surface area contributed by atoms with E-state index in [0.717, 1.165) is 16.8 Å². The van der Waals surface area contributed by atoms with E-state index in [4.69, 9.17) is 5.11 Å². The lowest BCUT2D eigenvalue weighted by Gasteiger charge is -2.13. The number of rotatable bonds is 5. The maximum Gasteiger partial charge on any atom is 0.309 e. The van der Waals surface area contributed by atoms with Gasteiger partial charge in [-0.15, -0.1) is 11.3 Å². The average Bonchev–Trinajstić information content (AvgIpc) is 2.90. The summed E-state index contributed by atoms with van der Waals surface area (Å²) in [5, 5.41) is 14.0. The van der Waals surface area contributed by atoms with Gasteiger partial charge in [-0.3, -0.25) is 9.59 Å². The molecule has 6 heteroatoms. The lowest BCUT2D eigenvalue weighted by atomic mass is 10.1. The van der Waals surface area contributed by atoms with E-state index in [1.54, 1.807) is 12.3 Å². The molecule has 0 bridgehead atoms. The molecule has 1 heterocycles. The van der Waals surface area contributed by atoms with Crippen molar-refractivity contribution in [1.82, 2.24) is 4.98 Å². The Hall–Kier alpha value is -2.21. The van der Waals surface area contributed by atoms with Crippen molar-refractivity contribution in [3.8, 4) is 0 Å². The summed E-state index contributed by atoms with van der Waals surface area (Å²) in [4.78, 5) is 27.3. The predicted octanol–water partition coefficient (Wildman–Crippen LogP) is 3.13. The lowest BCUT2D eigenvalue weighted by Crippen LogP contribution is -2.19. The molecular formula is C16H18N2O3S. The Kier molecular flexibility index (Phi) is 4.92. The van der Waals surface area contributed by atoms with Gasteiger partial charge in [0.25, 0.3) is 0 Å². The second-order valence-corrected chi connectivity index (χ2v) is 6.10. The third-order valence-electron chi connectivity index (χ3n) is 3.53. The molecule has 1 aromatic carbocycles.